The summed E-state index contributed by atoms with van der Waals surface area (Å²) in [7, 11) is 3.11. The summed E-state index contributed by atoms with van der Waals surface area (Å²) in [5, 5.41) is 9.29. The van der Waals surface area contributed by atoms with Crippen molar-refractivity contribution in [1.82, 2.24) is 15.2 Å². The number of thiophene rings is 1. The van der Waals surface area contributed by atoms with Crippen LogP contribution in [0.5, 0.6) is 11.5 Å². The third-order valence-electron chi connectivity index (χ3n) is 3.54. The largest absolute Gasteiger partial charge is 0.493 e. The second-order valence-corrected chi connectivity index (χ2v) is 7.39. The highest BCUT2D eigenvalue weighted by atomic mass is 32.2. The fourth-order valence-corrected chi connectivity index (χ4v) is 3.72. The number of carbonyl (C=O) groups is 1. The Bertz CT molecular complexity index is 862. The Kier molecular flexibility index (Phi) is 5.40. The molecule has 8 heteroatoms. The van der Waals surface area contributed by atoms with E-state index >= 15 is 0 Å². The van der Waals surface area contributed by atoms with Gasteiger partial charge in [0.15, 0.2) is 23.1 Å². The number of thioether (sulfide) groups is 1. The van der Waals surface area contributed by atoms with E-state index in [4.69, 9.17) is 9.47 Å². The van der Waals surface area contributed by atoms with Gasteiger partial charge in [-0.2, -0.15) is 0 Å². The molecule has 1 unspecified atom stereocenters. The molecule has 1 N–H and O–H groups in total. The topological polar surface area (TPSA) is 77.1 Å². The number of ether oxygens (including phenoxy) is 2. The highest BCUT2D eigenvalue weighted by molar-refractivity contribution is 8.00. The third-order valence-corrected chi connectivity index (χ3v) is 5.38. The molecular weight excluding hydrogens is 358 g/mol. The van der Waals surface area contributed by atoms with Crippen LogP contribution >= 0.6 is 23.1 Å². The van der Waals surface area contributed by atoms with Crippen molar-refractivity contribution in [2.24, 2.45) is 0 Å². The van der Waals surface area contributed by atoms with Crippen molar-refractivity contribution >= 4 is 28.9 Å². The van der Waals surface area contributed by atoms with Gasteiger partial charge >= 0.3 is 0 Å². The van der Waals surface area contributed by atoms with Gasteiger partial charge in [0.25, 0.3) is 0 Å². The summed E-state index contributed by atoms with van der Waals surface area (Å²) in [6.07, 6.45) is 0. The lowest BCUT2D eigenvalue weighted by molar-refractivity contribution is 0.0993. The summed E-state index contributed by atoms with van der Waals surface area (Å²) >= 11 is 2.90. The monoisotopic (exact) mass is 375 g/mol. The van der Waals surface area contributed by atoms with Gasteiger partial charge in [-0.15, -0.1) is 16.4 Å². The first-order valence-corrected chi connectivity index (χ1v) is 9.27. The summed E-state index contributed by atoms with van der Waals surface area (Å²) in [6, 6.07) is 9.07. The van der Waals surface area contributed by atoms with E-state index in [-0.39, 0.29) is 11.0 Å². The molecular formula is C17H17N3O3S2. The van der Waals surface area contributed by atoms with Crippen LogP contribution < -0.4 is 9.47 Å². The Balaban J connectivity index is 1.73. The fraction of sp³-hybridized carbons (Fsp3) is 0.235. The number of H-pyrrole nitrogens is 1. The number of carbonyl (C=O) groups excluding carboxylic acids is 1. The molecule has 3 rings (SSSR count). The van der Waals surface area contributed by atoms with Crippen LogP contribution in [0.15, 0.2) is 40.9 Å². The quantitative estimate of drug-likeness (QED) is 0.498. The van der Waals surface area contributed by atoms with Gasteiger partial charge in [0.2, 0.25) is 5.16 Å². The Labute approximate surface area is 153 Å². The molecule has 6 nitrogen and oxygen atoms in total. The van der Waals surface area contributed by atoms with Gasteiger partial charge in [0.05, 0.1) is 24.3 Å². The van der Waals surface area contributed by atoms with E-state index in [0.29, 0.717) is 28.0 Å². The summed E-state index contributed by atoms with van der Waals surface area (Å²) in [4.78, 5) is 18.1. The van der Waals surface area contributed by atoms with Crippen LogP contribution in [-0.2, 0) is 0 Å². The predicted octanol–water partition coefficient (Wildman–Crippen LogP) is 3.91. The van der Waals surface area contributed by atoms with Crippen molar-refractivity contribution in [3.63, 3.8) is 0 Å². The zero-order valence-corrected chi connectivity index (χ0v) is 15.6. The number of ketones is 1. The standard InChI is InChI=1S/C17H17N3O3S2/c1-10(15(21)11-6-7-12(22-2)13(9-11)23-3)25-17-18-16(19-20-17)14-5-4-8-24-14/h4-10H,1-3H3,(H,18,19,20). The number of hydrogen-bond donors (Lipinski definition) is 1. The Morgan fingerprint density at radius 1 is 1.24 bits per heavy atom. The van der Waals surface area contributed by atoms with E-state index in [9.17, 15) is 4.79 Å². The summed E-state index contributed by atoms with van der Waals surface area (Å²) in [5.41, 5.74) is 0.562. The Hall–Kier alpha value is -2.32. The van der Waals surface area contributed by atoms with Gasteiger partial charge in [-0.25, -0.2) is 4.98 Å². The van der Waals surface area contributed by atoms with Crippen LogP contribution in [-0.4, -0.2) is 40.4 Å². The first-order chi connectivity index (χ1) is 12.1. The number of benzene rings is 1. The molecule has 0 saturated heterocycles. The lowest BCUT2D eigenvalue weighted by Crippen LogP contribution is -2.14. The molecule has 0 bridgehead atoms. The average Bonchev–Trinajstić information content (AvgIpc) is 3.31. The molecule has 1 atom stereocenters. The highest BCUT2D eigenvalue weighted by Gasteiger charge is 2.20. The highest BCUT2D eigenvalue weighted by Crippen LogP contribution is 2.30. The summed E-state index contributed by atoms with van der Waals surface area (Å²) < 4.78 is 10.5. The lowest BCUT2D eigenvalue weighted by Gasteiger charge is -2.11. The number of aromatic nitrogens is 3. The van der Waals surface area contributed by atoms with E-state index in [1.807, 2.05) is 24.4 Å². The van der Waals surface area contributed by atoms with Crippen LogP contribution in [0.4, 0.5) is 0 Å². The molecule has 1 aromatic carbocycles. The maximum absolute atomic E-state index is 12.7. The minimum atomic E-state index is -0.329. The van der Waals surface area contributed by atoms with Gasteiger partial charge in [-0.05, 0) is 36.6 Å². The van der Waals surface area contributed by atoms with Crippen LogP contribution in [0.3, 0.4) is 0 Å². The van der Waals surface area contributed by atoms with Crippen molar-refractivity contribution in [1.29, 1.82) is 0 Å². The molecule has 0 saturated carbocycles. The number of nitrogens with zero attached hydrogens (tertiary/aromatic N) is 2. The molecule has 0 aliphatic rings. The number of aromatic amines is 1. The molecule has 2 aromatic heterocycles. The molecule has 0 fully saturated rings. The van der Waals surface area contributed by atoms with E-state index < -0.39 is 0 Å². The van der Waals surface area contributed by atoms with E-state index in [1.54, 1.807) is 43.8 Å². The Morgan fingerprint density at radius 3 is 2.72 bits per heavy atom. The maximum Gasteiger partial charge on any atom is 0.209 e. The van der Waals surface area contributed by atoms with Crippen LogP contribution in [0.1, 0.15) is 17.3 Å². The molecule has 25 heavy (non-hydrogen) atoms. The minimum absolute atomic E-state index is 0.0200. The van der Waals surface area contributed by atoms with Gasteiger partial charge in [-0.3, -0.25) is 9.89 Å². The smallest absolute Gasteiger partial charge is 0.209 e. The number of nitrogens with one attached hydrogen (secondary N) is 1. The molecule has 2 heterocycles. The van der Waals surface area contributed by atoms with Crippen molar-refractivity contribution < 1.29 is 14.3 Å². The number of rotatable bonds is 7. The molecule has 0 amide bonds. The molecule has 0 aliphatic heterocycles. The SMILES string of the molecule is COc1ccc(C(=O)C(C)Sc2n[nH]c(-c3cccs3)n2)cc1OC. The molecule has 3 aromatic rings. The Morgan fingerprint density at radius 2 is 2.04 bits per heavy atom. The zero-order chi connectivity index (χ0) is 17.8. The maximum atomic E-state index is 12.7. The fourth-order valence-electron chi connectivity index (χ4n) is 2.26. The van der Waals surface area contributed by atoms with Crippen molar-refractivity contribution in [2.75, 3.05) is 14.2 Å². The summed E-state index contributed by atoms with van der Waals surface area (Å²) in [6.45, 7) is 1.84. The number of Topliss-reactive ketones (excluding diaryl/α,β-unsaturated/α-hetero) is 1. The van der Waals surface area contributed by atoms with Crippen LogP contribution in [0.25, 0.3) is 10.7 Å². The predicted molar refractivity (Wildman–Crippen MR) is 98.9 cm³/mol. The van der Waals surface area contributed by atoms with Crippen molar-refractivity contribution in [3.8, 4) is 22.2 Å². The second-order valence-electron chi connectivity index (χ2n) is 5.14. The third kappa shape index (κ3) is 3.85. The van der Waals surface area contributed by atoms with Crippen LogP contribution in [0, 0.1) is 0 Å². The van der Waals surface area contributed by atoms with Gasteiger partial charge in [-0.1, -0.05) is 17.8 Å². The van der Waals surface area contributed by atoms with E-state index in [0.717, 1.165) is 4.88 Å². The van der Waals surface area contributed by atoms with Gasteiger partial charge in [0, 0.05) is 5.56 Å². The molecule has 0 aliphatic carbocycles. The number of hydrogen-bond acceptors (Lipinski definition) is 7. The molecule has 0 radical (unpaired) electrons. The second kappa shape index (κ2) is 7.71. The number of methoxy groups -OCH3 is 2. The van der Waals surface area contributed by atoms with Crippen molar-refractivity contribution in [3.05, 3.63) is 41.3 Å². The molecule has 130 valence electrons. The van der Waals surface area contributed by atoms with E-state index in [2.05, 4.69) is 15.2 Å². The first-order valence-electron chi connectivity index (χ1n) is 7.51. The van der Waals surface area contributed by atoms with Crippen LogP contribution in [0.2, 0.25) is 0 Å². The van der Waals surface area contributed by atoms with Gasteiger partial charge in [0.1, 0.15) is 0 Å². The average molecular weight is 375 g/mol. The lowest BCUT2D eigenvalue weighted by atomic mass is 10.1. The minimum Gasteiger partial charge on any atom is -0.493 e. The van der Waals surface area contributed by atoms with Crippen molar-refractivity contribution in [2.45, 2.75) is 17.3 Å². The zero-order valence-electron chi connectivity index (χ0n) is 14.0. The first kappa shape index (κ1) is 17.5. The molecule has 0 spiro atoms. The van der Waals surface area contributed by atoms with Gasteiger partial charge < -0.3 is 9.47 Å². The summed E-state index contributed by atoms with van der Waals surface area (Å²) in [5.74, 6) is 1.81. The van der Waals surface area contributed by atoms with E-state index in [1.165, 1.54) is 11.8 Å². The normalized spacial score (nSPS) is 12.0.